The number of nitrogens with zero attached hydrogens (tertiary/aromatic N) is 3. The van der Waals surface area contributed by atoms with Crippen molar-refractivity contribution in [3.8, 4) is 0 Å². The van der Waals surface area contributed by atoms with Crippen LogP contribution in [0.1, 0.15) is 35.3 Å². The third-order valence-electron chi connectivity index (χ3n) is 4.01. The van der Waals surface area contributed by atoms with Crippen molar-refractivity contribution in [2.24, 2.45) is 0 Å². The summed E-state index contributed by atoms with van der Waals surface area (Å²) in [5.74, 6) is 0.549. The predicted octanol–water partition coefficient (Wildman–Crippen LogP) is 3.68. The maximum Gasteiger partial charge on any atom is 0.276 e. The lowest BCUT2D eigenvalue weighted by molar-refractivity contribution is 0.102. The fourth-order valence-corrected chi connectivity index (χ4v) is 2.83. The third kappa shape index (κ3) is 3.79. The van der Waals surface area contributed by atoms with Crippen molar-refractivity contribution in [1.82, 2.24) is 10.2 Å². The Morgan fingerprint density at radius 1 is 1.13 bits per heavy atom. The van der Waals surface area contributed by atoms with Gasteiger partial charge in [-0.2, -0.15) is 0 Å². The van der Waals surface area contributed by atoms with Crippen molar-refractivity contribution in [3.63, 3.8) is 0 Å². The number of carbonyl (C=O) groups is 1. The Hall–Kier alpha value is -2.14. The normalized spacial score (nSPS) is 14.6. The average Bonchev–Trinajstić information content (AvgIpc) is 2.59. The van der Waals surface area contributed by atoms with Crippen molar-refractivity contribution in [1.29, 1.82) is 0 Å². The standard InChI is InChI=1S/C17H19ClN4O/c1-12-5-6-13(18)11-15(12)19-17(23)14-7-8-16(21-20-14)22-9-3-2-4-10-22/h5-8,11H,2-4,9-10H2,1H3,(H,19,23). The first-order valence-corrected chi connectivity index (χ1v) is 8.17. The molecule has 0 atom stereocenters. The SMILES string of the molecule is Cc1ccc(Cl)cc1NC(=O)c1ccc(N2CCCCC2)nn1. The Morgan fingerprint density at radius 3 is 2.61 bits per heavy atom. The second-order valence-corrected chi connectivity index (χ2v) is 6.17. The number of halogens is 1. The molecule has 1 saturated heterocycles. The van der Waals surface area contributed by atoms with E-state index < -0.39 is 0 Å². The van der Waals surface area contributed by atoms with Crippen LogP contribution < -0.4 is 10.2 Å². The van der Waals surface area contributed by atoms with E-state index in [-0.39, 0.29) is 5.91 Å². The Labute approximate surface area is 140 Å². The minimum atomic E-state index is -0.284. The maximum atomic E-state index is 12.3. The number of aromatic nitrogens is 2. The maximum absolute atomic E-state index is 12.3. The number of hydrogen-bond acceptors (Lipinski definition) is 4. The molecular weight excluding hydrogens is 312 g/mol. The van der Waals surface area contributed by atoms with Crippen LogP contribution in [-0.4, -0.2) is 29.2 Å². The first kappa shape index (κ1) is 15.7. The van der Waals surface area contributed by atoms with Crippen LogP contribution in [0.15, 0.2) is 30.3 Å². The van der Waals surface area contributed by atoms with E-state index >= 15 is 0 Å². The zero-order chi connectivity index (χ0) is 16.2. The number of nitrogens with one attached hydrogen (secondary N) is 1. The van der Waals surface area contributed by atoms with Crippen molar-refractivity contribution in [2.45, 2.75) is 26.2 Å². The van der Waals surface area contributed by atoms with Gasteiger partial charge in [0.15, 0.2) is 11.5 Å². The topological polar surface area (TPSA) is 58.1 Å². The van der Waals surface area contributed by atoms with Crippen molar-refractivity contribution < 1.29 is 4.79 Å². The monoisotopic (exact) mass is 330 g/mol. The van der Waals surface area contributed by atoms with Gasteiger partial charge in [-0.1, -0.05) is 17.7 Å². The van der Waals surface area contributed by atoms with Crippen LogP contribution >= 0.6 is 11.6 Å². The lowest BCUT2D eigenvalue weighted by Crippen LogP contribution is -2.30. The van der Waals surface area contributed by atoms with E-state index in [9.17, 15) is 4.79 Å². The van der Waals surface area contributed by atoms with E-state index in [1.807, 2.05) is 19.1 Å². The van der Waals surface area contributed by atoms with Gasteiger partial charge in [-0.25, -0.2) is 0 Å². The number of anilines is 2. The highest BCUT2D eigenvalue weighted by Crippen LogP contribution is 2.21. The van der Waals surface area contributed by atoms with Crippen LogP contribution in [0.4, 0.5) is 11.5 Å². The van der Waals surface area contributed by atoms with Crippen LogP contribution in [0.3, 0.4) is 0 Å². The fraction of sp³-hybridized carbons (Fsp3) is 0.353. The van der Waals surface area contributed by atoms with Gasteiger partial charge in [-0.3, -0.25) is 4.79 Å². The largest absolute Gasteiger partial charge is 0.355 e. The van der Waals surface area contributed by atoms with Gasteiger partial charge < -0.3 is 10.2 Å². The van der Waals surface area contributed by atoms with Gasteiger partial charge in [0, 0.05) is 23.8 Å². The highest BCUT2D eigenvalue weighted by Gasteiger charge is 2.15. The molecule has 0 bridgehead atoms. The van der Waals surface area contributed by atoms with Crippen molar-refractivity contribution in [3.05, 3.63) is 46.6 Å². The quantitative estimate of drug-likeness (QED) is 0.932. The number of piperidine rings is 1. The molecule has 6 heteroatoms. The molecule has 2 heterocycles. The highest BCUT2D eigenvalue weighted by molar-refractivity contribution is 6.31. The van der Waals surface area contributed by atoms with E-state index in [1.165, 1.54) is 19.3 Å². The molecule has 120 valence electrons. The molecule has 1 aliphatic rings. The highest BCUT2D eigenvalue weighted by atomic mass is 35.5. The Balaban J connectivity index is 1.71. The summed E-state index contributed by atoms with van der Waals surface area (Å²) in [6, 6.07) is 8.96. The molecular formula is C17H19ClN4O. The number of aryl methyl sites for hydroxylation is 1. The molecule has 0 unspecified atom stereocenters. The lowest BCUT2D eigenvalue weighted by Gasteiger charge is -2.27. The Kier molecular flexibility index (Phi) is 4.76. The van der Waals surface area contributed by atoms with Gasteiger partial charge >= 0.3 is 0 Å². The molecule has 1 N–H and O–H groups in total. The molecule has 3 rings (SSSR count). The second kappa shape index (κ2) is 6.96. The predicted molar refractivity (Wildman–Crippen MR) is 92.2 cm³/mol. The number of rotatable bonds is 3. The summed E-state index contributed by atoms with van der Waals surface area (Å²) < 4.78 is 0. The number of amides is 1. The van der Waals surface area contributed by atoms with E-state index in [0.717, 1.165) is 24.5 Å². The van der Waals surface area contributed by atoms with E-state index in [2.05, 4.69) is 20.4 Å². The molecule has 1 aliphatic heterocycles. The smallest absolute Gasteiger partial charge is 0.276 e. The molecule has 1 amide bonds. The van der Waals surface area contributed by atoms with Crippen LogP contribution in [0.2, 0.25) is 5.02 Å². The summed E-state index contributed by atoms with van der Waals surface area (Å²) in [7, 11) is 0. The Morgan fingerprint density at radius 2 is 1.91 bits per heavy atom. The molecule has 1 fully saturated rings. The molecule has 0 aliphatic carbocycles. The Bertz CT molecular complexity index is 696. The zero-order valence-electron chi connectivity index (χ0n) is 13.1. The van der Waals surface area contributed by atoms with E-state index in [0.29, 0.717) is 16.4 Å². The molecule has 0 saturated carbocycles. The third-order valence-corrected chi connectivity index (χ3v) is 4.25. The van der Waals surface area contributed by atoms with Crippen LogP contribution in [0.5, 0.6) is 0 Å². The van der Waals surface area contributed by atoms with Crippen LogP contribution in [-0.2, 0) is 0 Å². The number of carbonyl (C=O) groups excluding carboxylic acids is 1. The molecule has 0 radical (unpaired) electrons. The molecule has 0 spiro atoms. The van der Waals surface area contributed by atoms with Crippen molar-refractivity contribution in [2.75, 3.05) is 23.3 Å². The molecule has 1 aromatic carbocycles. The minimum absolute atomic E-state index is 0.284. The number of benzene rings is 1. The van der Waals surface area contributed by atoms with Crippen molar-refractivity contribution >= 4 is 29.0 Å². The van der Waals surface area contributed by atoms with Gasteiger partial charge in [-0.05, 0) is 56.0 Å². The summed E-state index contributed by atoms with van der Waals surface area (Å²) in [6.45, 7) is 3.92. The molecule has 5 nitrogen and oxygen atoms in total. The zero-order valence-corrected chi connectivity index (χ0v) is 13.8. The summed E-state index contributed by atoms with van der Waals surface area (Å²) in [4.78, 5) is 14.5. The van der Waals surface area contributed by atoms with Gasteiger partial charge in [0.05, 0.1) is 0 Å². The van der Waals surface area contributed by atoms with E-state index in [1.54, 1.807) is 18.2 Å². The van der Waals surface area contributed by atoms with Gasteiger partial charge in [0.25, 0.3) is 5.91 Å². The molecule has 23 heavy (non-hydrogen) atoms. The van der Waals surface area contributed by atoms with Crippen LogP contribution in [0.25, 0.3) is 0 Å². The summed E-state index contributed by atoms with van der Waals surface area (Å²) in [6.07, 6.45) is 3.62. The first-order valence-electron chi connectivity index (χ1n) is 7.80. The van der Waals surface area contributed by atoms with E-state index in [4.69, 9.17) is 11.6 Å². The summed E-state index contributed by atoms with van der Waals surface area (Å²) in [5.41, 5.74) is 1.93. The molecule has 1 aromatic heterocycles. The summed E-state index contributed by atoms with van der Waals surface area (Å²) in [5, 5.41) is 11.7. The summed E-state index contributed by atoms with van der Waals surface area (Å²) >= 11 is 5.97. The molecule has 2 aromatic rings. The fourth-order valence-electron chi connectivity index (χ4n) is 2.65. The average molecular weight is 331 g/mol. The minimum Gasteiger partial charge on any atom is -0.355 e. The van der Waals surface area contributed by atoms with Crippen LogP contribution in [0, 0.1) is 6.92 Å². The second-order valence-electron chi connectivity index (χ2n) is 5.74. The first-order chi connectivity index (χ1) is 11.1. The lowest BCUT2D eigenvalue weighted by atomic mass is 10.1. The van der Waals surface area contributed by atoms with Gasteiger partial charge in [-0.15, -0.1) is 10.2 Å². The van der Waals surface area contributed by atoms with Gasteiger partial charge in [0.1, 0.15) is 0 Å². The van der Waals surface area contributed by atoms with Gasteiger partial charge in [0.2, 0.25) is 0 Å². The number of hydrogen-bond donors (Lipinski definition) is 1.